The summed E-state index contributed by atoms with van der Waals surface area (Å²) >= 11 is 0. The summed E-state index contributed by atoms with van der Waals surface area (Å²) in [5.41, 5.74) is 1.39. The Morgan fingerprint density at radius 3 is 2.57 bits per heavy atom. The molecule has 2 aliphatic heterocycles. The van der Waals surface area contributed by atoms with Gasteiger partial charge in [-0.15, -0.1) is 0 Å². The van der Waals surface area contributed by atoms with Crippen LogP contribution in [-0.4, -0.2) is 40.9 Å². The largest absolute Gasteiger partial charge is 0.334 e. The van der Waals surface area contributed by atoms with Crippen molar-refractivity contribution in [2.45, 2.75) is 44.7 Å². The minimum Gasteiger partial charge on any atom is -0.334 e. The standard InChI is InChI=1S/C18H21N3O2/c1-12(22)17-10-16(19-21(17)14-5-3-2-4-6-14)18(23)20-11-13-7-8-15(20)9-13/h2-6,13,15,17H,7-11H2,1H3/t13-,15-,17+/m0/s1. The quantitative estimate of drug-likeness (QED) is 0.860. The van der Waals surface area contributed by atoms with E-state index in [0.29, 0.717) is 24.1 Å². The van der Waals surface area contributed by atoms with Gasteiger partial charge < -0.3 is 4.90 Å². The van der Waals surface area contributed by atoms with Crippen LogP contribution in [0.15, 0.2) is 35.4 Å². The van der Waals surface area contributed by atoms with Crippen LogP contribution < -0.4 is 5.01 Å². The van der Waals surface area contributed by atoms with Gasteiger partial charge in [0.2, 0.25) is 0 Å². The SMILES string of the molecule is CC(=O)[C@H]1CC(C(=O)N2C[C@H]3CC[C@H]2C3)=NN1c1ccccc1. The van der Waals surface area contributed by atoms with Crippen LogP contribution >= 0.6 is 0 Å². The van der Waals surface area contributed by atoms with Crippen molar-refractivity contribution < 1.29 is 9.59 Å². The molecule has 0 spiro atoms. The predicted molar refractivity (Wildman–Crippen MR) is 88.3 cm³/mol. The normalized spacial score (nSPS) is 29.1. The van der Waals surface area contributed by atoms with E-state index in [1.165, 1.54) is 6.42 Å². The fraction of sp³-hybridized carbons (Fsp3) is 0.500. The van der Waals surface area contributed by atoms with Crippen molar-refractivity contribution in [1.29, 1.82) is 0 Å². The fourth-order valence-corrected chi connectivity index (χ4v) is 4.11. The van der Waals surface area contributed by atoms with Gasteiger partial charge in [-0.05, 0) is 44.2 Å². The first-order chi connectivity index (χ1) is 11.1. The average Bonchev–Trinajstić information content (AvgIpc) is 3.29. The fourth-order valence-electron chi connectivity index (χ4n) is 4.11. The third-order valence-corrected chi connectivity index (χ3v) is 5.32. The van der Waals surface area contributed by atoms with Gasteiger partial charge in [-0.25, -0.2) is 0 Å². The number of nitrogens with zero attached hydrogens (tertiary/aromatic N) is 3. The Kier molecular flexibility index (Phi) is 3.43. The maximum atomic E-state index is 12.8. The third-order valence-electron chi connectivity index (χ3n) is 5.32. The molecule has 1 saturated carbocycles. The number of hydrazone groups is 1. The van der Waals surface area contributed by atoms with Gasteiger partial charge in [0, 0.05) is 19.0 Å². The molecule has 2 bridgehead atoms. The van der Waals surface area contributed by atoms with E-state index in [1.54, 1.807) is 11.9 Å². The number of para-hydroxylation sites is 1. The van der Waals surface area contributed by atoms with Gasteiger partial charge in [-0.3, -0.25) is 14.6 Å². The summed E-state index contributed by atoms with van der Waals surface area (Å²) in [6.45, 7) is 2.43. The maximum absolute atomic E-state index is 12.8. The molecule has 3 aliphatic rings. The van der Waals surface area contributed by atoms with E-state index in [1.807, 2.05) is 35.2 Å². The zero-order valence-electron chi connectivity index (χ0n) is 13.3. The molecule has 0 unspecified atom stereocenters. The van der Waals surface area contributed by atoms with Crippen molar-refractivity contribution in [1.82, 2.24) is 4.90 Å². The molecule has 0 radical (unpaired) electrons. The summed E-state index contributed by atoms with van der Waals surface area (Å²) in [5, 5.41) is 6.24. The molecule has 2 heterocycles. The van der Waals surface area contributed by atoms with Gasteiger partial charge >= 0.3 is 0 Å². The molecule has 23 heavy (non-hydrogen) atoms. The minimum atomic E-state index is -0.365. The summed E-state index contributed by atoms with van der Waals surface area (Å²) in [6.07, 6.45) is 3.91. The van der Waals surface area contributed by atoms with E-state index in [4.69, 9.17) is 0 Å². The Morgan fingerprint density at radius 1 is 1.17 bits per heavy atom. The van der Waals surface area contributed by atoms with E-state index in [2.05, 4.69) is 5.10 Å². The molecule has 0 aromatic heterocycles. The van der Waals surface area contributed by atoms with Crippen LogP contribution in [0.1, 0.15) is 32.6 Å². The van der Waals surface area contributed by atoms with E-state index in [9.17, 15) is 9.59 Å². The molecule has 3 atom stereocenters. The summed E-state index contributed by atoms with van der Waals surface area (Å²) in [5.74, 6) is 0.741. The topological polar surface area (TPSA) is 53.0 Å². The molecular weight excluding hydrogens is 290 g/mol. The van der Waals surface area contributed by atoms with Gasteiger partial charge in [-0.1, -0.05) is 18.2 Å². The number of Topliss-reactive ketones (excluding diaryl/α,β-unsaturated/α-hetero) is 1. The number of fused-ring (bicyclic) bond motifs is 2. The van der Waals surface area contributed by atoms with Crippen LogP contribution in [0.3, 0.4) is 0 Å². The molecule has 4 rings (SSSR count). The lowest BCUT2D eigenvalue weighted by Gasteiger charge is -2.26. The Bertz CT molecular complexity index is 670. The van der Waals surface area contributed by atoms with Crippen LogP contribution in [-0.2, 0) is 9.59 Å². The summed E-state index contributed by atoms with van der Waals surface area (Å²) in [4.78, 5) is 26.8. The number of ketones is 1. The van der Waals surface area contributed by atoms with E-state index >= 15 is 0 Å². The van der Waals surface area contributed by atoms with Crippen molar-refractivity contribution in [2.24, 2.45) is 11.0 Å². The second kappa shape index (κ2) is 5.48. The lowest BCUT2D eigenvalue weighted by molar-refractivity contribution is -0.125. The Morgan fingerprint density at radius 2 is 1.96 bits per heavy atom. The molecular formula is C18H21N3O2. The number of amides is 1. The average molecular weight is 311 g/mol. The first kappa shape index (κ1) is 14.4. The minimum absolute atomic E-state index is 0.0295. The molecule has 1 saturated heterocycles. The van der Waals surface area contributed by atoms with Gasteiger partial charge in [0.15, 0.2) is 5.78 Å². The van der Waals surface area contributed by atoms with Crippen molar-refractivity contribution in [3.63, 3.8) is 0 Å². The number of anilines is 1. The lowest BCUT2D eigenvalue weighted by atomic mass is 10.0. The zero-order chi connectivity index (χ0) is 16.0. The highest BCUT2D eigenvalue weighted by atomic mass is 16.2. The number of carbonyl (C=O) groups is 2. The van der Waals surface area contributed by atoms with E-state index in [0.717, 1.165) is 25.1 Å². The second-order valence-corrected chi connectivity index (χ2v) is 6.85. The number of hydrogen-bond donors (Lipinski definition) is 0. The number of hydrogen-bond acceptors (Lipinski definition) is 4. The highest BCUT2D eigenvalue weighted by molar-refractivity contribution is 6.40. The van der Waals surface area contributed by atoms with Crippen molar-refractivity contribution in [3.8, 4) is 0 Å². The highest BCUT2D eigenvalue weighted by Crippen LogP contribution is 2.38. The van der Waals surface area contributed by atoms with E-state index in [-0.39, 0.29) is 17.7 Å². The lowest BCUT2D eigenvalue weighted by Crippen LogP contribution is -2.41. The highest BCUT2D eigenvalue weighted by Gasteiger charge is 2.43. The van der Waals surface area contributed by atoms with Gasteiger partial charge in [0.25, 0.3) is 5.91 Å². The number of carbonyl (C=O) groups excluding carboxylic acids is 2. The van der Waals surface area contributed by atoms with Crippen LogP contribution in [0, 0.1) is 5.92 Å². The predicted octanol–water partition coefficient (Wildman–Crippen LogP) is 2.22. The van der Waals surface area contributed by atoms with Crippen LogP contribution in [0.5, 0.6) is 0 Å². The van der Waals surface area contributed by atoms with Crippen LogP contribution in [0.4, 0.5) is 5.69 Å². The van der Waals surface area contributed by atoms with Crippen molar-refractivity contribution in [3.05, 3.63) is 30.3 Å². The molecule has 120 valence electrons. The molecule has 0 N–H and O–H groups in total. The van der Waals surface area contributed by atoms with Gasteiger partial charge in [-0.2, -0.15) is 5.10 Å². The van der Waals surface area contributed by atoms with E-state index < -0.39 is 0 Å². The van der Waals surface area contributed by atoms with Gasteiger partial charge in [0.1, 0.15) is 11.8 Å². The number of benzene rings is 1. The smallest absolute Gasteiger partial charge is 0.270 e. The molecule has 1 aromatic rings. The monoisotopic (exact) mass is 311 g/mol. The van der Waals surface area contributed by atoms with Crippen molar-refractivity contribution >= 4 is 23.1 Å². The maximum Gasteiger partial charge on any atom is 0.270 e. The van der Waals surface area contributed by atoms with Crippen LogP contribution in [0.25, 0.3) is 0 Å². The Labute approximate surface area is 136 Å². The zero-order valence-corrected chi connectivity index (χ0v) is 13.3. The number of rotatable bonds is 3. The van der Waals surface area contributed by atoms with Crippen LogP contribution in [0.2, 0.25) is 0 Å². The molecule has 1 aliphatic carbocycles. The molecule has 2 fully saturated rings. The summed E-state index contributed by atoms with van der Waals surface area (Å²) < 4.78 is 0. The molecule has 1 aromatic carbocycles. The number of likely N-dealkylation sites (tertiary alicyclic amines) is 1. The Balaban J connectivity index is 1.59. The third kappa shape index (κ3) is 2.44. The van der Waals surface area contributed by atoms with Gasteiger partial charge in [0.05, 0.1) is 5.69 Å². The Hall–Kier alpha value is -2.17. The summed E-state index contributed by atoms with van der Waals surface area (Å²) in [6, 6.07) is 9.63. The summed E-state index contributed by atoms with van der Waals surface area (Å²) in [7, 11) is 0. The molecule has 1 amide bonds. The molecule has 5 heteroatoms. The first-order valence-corrected chi connectivity index (χ1v) is 8.36. The first-order valence-electron chi connectivity index (χ1n) is 8.36. The van der Waals surface area contributed by atoms with Crippen molar-refractivity contribution in [2.75, 3.05) is 11.6 Å². The number of piperidine rings is 1. The molecule has 5 nitrogen and oxygen atoms in total. The second-order valence-electron chi connectivity index (χ2n) is 6.85.